The molecule has 0 saturated carbocycles. The Bertz CT molecular complexity index is 324. The molecule has 4 heteroatoms. The first-order chi connectivity index (χ1) is 8.72. The Morgan fingerprint density at radius 1 is 1.00 bits per heavy atom. The van der Waals surface area contributed by atoms with Crippen molar-refractivity contribution in [3.8, 4) is 5.75 Å². The minimum absolute atomic E-state index is 0.614. The van der Waals surface area contributed by atoms with Crippen LogP contribution in [0.4, 0.5) is 0 Å². The lowest BCUT2D eigenvalue weighted by Crippen LogP contribution is -2.13. The Morgan fingerprint density at radius 3 is 2.33 bits per heavy atom. The first kappa shape index (κ1) is 15.6. The molecule has 0 aliphatic heterocycles. The van der Waals surface area contributed by atoms with E-state index in [0.29, 0.717) is 10.0 Å². The predicted molar refractivity (Wildman–Crippen MR) is 79.0 cm³/mol. The lowest BCUT2D eigenvalue weighted by molar-refractivity contribution is 0.304. The van der Waals surface area contributed by atoms with Gasteiger partial charge in [0.15, 0.2) is 0 Å². The van der Waals surface area contributed by atoms with Crippen LogP contribution in [0.5, 0.6) is 5.75 Å². The molecule has 0 radical (unpaired) electrons. The third-order valence-electron chi connectivity index (χ3n) is 2.60. The van der Waals surface area contributed by atoms with Crippen molar-refractivity contribution < 1.29 is 4.74 Å². The second kappa shape index (κ2) is 9.48. The van der Waals surface area contributed by atoms with Crippen LogP contribution in [-0.2, 0) is 0 Å². The Hall–Kier alpha value is -0.440. The van der Waals surface area contributed by atoms with Crippen LogP contribution in [0.15, 0.2) is 18.2 Å². The van der Waals surface area contributed by atoms with E-state index in [1.165, 1.54) is 19.3 Å². The van der Waals surface area contributed by atoms with Gasteiger partial charge in [0, 0.05) is 10.0 Å². The zero-order valence-electron chi connectivity index (χ0n) is 10.8. The molecule has 0 amide bonds. The molecule has 0 aromatic heterocycles. The number of benzene rings is 1. The summed E-state index contributed by atoms with van der Waals surface area (Å²) in [7, 11) is 0. The monoisotopic (exact) mass is 289 g/mol. The smallest absolute Gasteiger partial charge is 0.122 e. The zero-order chi connectivity index (χ0) is 13.2. The topological polar surface area (TPSA) is 21.3 Å². The van der Waals surface area contributed by atoms with Crippen molar-refractivity contribution in [3.63, 3.8) is 0 Å². The molecule has 1 N–H and O–H groups in total. The molecule has 0 bridgehead atoms. The highest BCUT2D eigenvalue weighted by Crippen LogP contribution is 2.24. The molecular weight excluding hydrogens is 269 g/mol. The quantitative estimate of drug-likeness (QED) is 0.674. The van der Waals surface area contributed by atoms with Crippen LogP contribution in [0, 0.1) is 0 Å². The van der Waals surface area contributed by atoms with Gasteiger partial charge in [-0.3, -0.25) is 0 Å². The molecular formula is C14H21Cl2NO. The van der Waals surface area contributed by atoms with Crippen molar-refractivity contribution in [2.45, 2.75) is 32.6 Å². The Balaban J connectivity index is 2.07. The minimum Gasteiger partial charge on any atom is -0.493 e. The molecule has 0 fully saturated rings. The van der Waals surface area contributed by atoms with Crippen molar-refractivity contribution in [1.29, 1.82) is 0 Å². The van der Waals surface area contributed by atoms with Crippen molar-refractivity contribution in [2.24, 2.45) is 0 Å². The summed E-state index contributed by atoms with van der Waals surface area (Å²) >= 11 is 11.8. The number of unbranched alkanes of at least 4 members (excludes halogenated alkanes) is 3. The van der Waals surface area contributed by atoms with Crippen LogP contribution in [0.2, 0.25) is 10.0 Å². The van der Waals surface area contributed by atoms with E-state index in [9.17, 15) is 0 Å². The van der Waals surface area contributed by atoms with E-state index in [0.717, 1.165) is 31.9 Å². The minimum atomic E-state index is 0.614. The van der Waals surface area contributed by atoms with Crippen molar-refractivity contribution in [2.75, 3.05) is 19.7 Å². The zero-order valence-corrected chi connectivity index (χ0v) is 12.4. The molecule has 0 heterocycles. The van der Waals surface area contributed by atoms with Gasteiger partial charge in [-0.05, 0) is 44.1 Å². The van der Waals surface area contributed by atoms with Gasteiger partial charge in [0.25, 0.3) is 0 Å². The highest BCUT2D eigenvalue weighted by Gasteiger charge is 1.99. The van der Waals surface area contributed by atoms with Gasteiger partial charge in [0.1, 0.15) is 5.75 Å². The van der Waals surface area contributed by atoms with Gasteiger partial charge >= 0.3 is 0 Å². The largest absolute Gasteiger partial charge is 0.493 e. The van der Waals surface area contributed by atoms with Crippen LogP contribution < -0.4 is 10.1 Å². The SMILES string of the molecule is CCNCCCCCCOc1cc(Cl)cc(Cl)c1. The lowest BCUT2D eigenvalue weighted by Gasteiger charge is -2.07. The Kier molecular flexibility index (Phi) is 8.23. The van der Waals surface area contributed by atoms with E-state index in [2.05, 4.69) is 12.2 Å². The van der Waals surface area contributed by atoms with Gasteiger partial charge in [-0.25, -0.2) is 0 Å². The van der Waals surface area contributed by atoms with Crippen LogP contribution >= 0.6 is 23.2 Å². The summed E-state index contributed by atoms with van der Waals surface area (Å²) in [4.78, 5) is 0. The molecule has 0 aliphatic rings. The summed E-state index contributed by atoms with van der Waals surface area (Å²) in [6, 6.07) is 5.29. The lowest BCUT2D eigenvalue weighted by atomic mass is 10.2. The fraction of sp³-hybridized carbons (Fsp3) is 0.571. The number of ether oxygens (including phenoxy) is 1. The van der Waals surface area contributed by atoms with Crippen molar-refractivity contribution in [3.05, 3.63) is 28.2 Å². The molecule has 0 unspecified atom stereocenters. The highest BCUT2D eigenvalue weighted by molar-refractivity contribution is 6.34. The van der Waals surface area contributed by atoms with Gasteiger partial charge in [-0.2, -0.15) is 0 Å². The average Bonchev–Trinajstić information content (AvgIpc) is 2.31. The summed E-state index contributed by atoms with van der Waals surface area (Å²) in [6.45, 7) is 5.02. The van der Waals surface area contributed by atoms with Crippen molar-refractivity contribution in [1.82, 2.24) is 5.32 Å². The highest BCUT2D eigenvalue weighted by atomic mass is 35.5. The standard InChI is InChI=1S/C14H21Cl2NO/c1-2-17-7-5-3-4-6-8-18-14-10-12(15)9-13(16)11-14/h9-11,17H,2-8H2,1H3. The van der Waals surface area contributed by atoms with Crippen LogP contribution in [0.25, 0.3) is 0 Å². The summed E-state index contributed by atoms with van der Waals surface area (Å²) in [5.41, 5.74) is 0. The van der Waals surface area contributed by atoms with Crippen LogP contribution in [0.1, 0.15) is 32.6 Å². The molecule has 0 spiro atoms. The molecule has 0 saturated heterocycles. The third-order valence-corrected chi connectivity index (χ3v) is 3.04. The first-order valence-electron chi connectivity index (χ1n) is 6.52. The molecule has 18 heavy (non-hydrogen) atoms. The maximum absolute atomic E-state index is 5.89. The molecule has 1 rings (SSSR count). The molecule has 1 aromatic carbocycles. The third kappa shape index (κ3) is 7.10. The van der Waals surface area contributed by atoms with E-state index in [1.54, 1.807) is 18.2 Å². The summed E-state index contributed by atoms with van der Waals surface area (Å²) in [5.74, 6) is 0.750. The number of halogens is 2. The maximum atomic E-state index is 5.89. The van der Waals surface area contributed by atoms with E-state index in [4.69, 9.17) is 27.9 Å². The van der Waals surface area contributed by atoms with E-state index >= 15 is 0 Å². The fourth-order valence-electron chi connectivity index (χ4n) is 1.68. The summed E-state index contributed by atoms with van der Waals surface area (Å²) in [5, 5.41) is 4.54. The predicted octanol–water partition coefficient (Wildman–Crippen LogP) is 4.54. The average molecular weight is 290 g/mol. The van der Waals surface area contributed by atoms with E-state index < -0.39 is 0 Å². The molecule has 0 atom stereocenters. The second-order valence-electron chi connectivity index (χ2n) is 4.22. The molecule has 2 nitrogen and oxygen atoms in total. The first-order valence-corrected chi connectivity index (χ1v) is 7.27. The number of hydrogen-bond acceptors (Lipinski definition) is 2. The fourth-order valence-corrected chi connectivity index (χ4v) is 2.19. The van der Waals surface area contributed by atoms with Crippen molar-refractivity contribution >= 4 is 23.2 Å². The normalized spacial score (nSPS) is 10.6. The molecule has 1 aromatic rings. The van der Waals surface area contributed by atoms with Gasteiger partial charge < -0.3 is 10.1 Å². The Morgan fingerprint density at radius 2 is 1.67 bits per heavy atom. The summed E-state index contributed by atoms with van der Waals surface area (Å²) in [6.07, 6.45) is 4.74. The number of rotatable bonds is 9. The number of hydrogen-bond donors (Lipinski definition) is 1. The van der Waals surface area contributed by atoms with E-state index in [1.807, 2.05) is 0 Å². The van der Waals surface area contributed by atoms with Gasteiger partial charge in [0.2, 0.25) is 0 Å². The molecule has 0 aliphatic carbocycles. The number of nitrogens with one attached hydrogen (secondary N) is 1. The second-order valence-corrected chi connectivity index (χ2v) is 5.09. The Labute approximate surface area is 120 Å². The van der Waals surface area contributed by atoms with Gasteiger partial charge in [-0.1, -0.05) is 43.0 Å². The van der Waals surface area contributed by atoms with E-state index in [-0.39, 0.29) is 0 Å². The van der Waals surface area contributed by atoms with Gasteiger partial charge in [0.05, 0.1) is 6.61 Å². The van der Waals surface area contributed by atoms with Crippen LogP contribution in [0.3, 0.4) is 0 Å². The van der Waals surface area contributed by atoms with Gasteiger partial charge in [-0.15, -0.1) is 0 Å². The maximum Gasteiger partial charge on any atom is 0.122 e. The molecule has 102 valence electrons. The summed E-state index contributed by atoms with van der Waals surface area (Å²) < 4.78 is 5.61. The van der Waals surface area contributed by atoms with Crippen LogP contribution in [-0.4, -0.2) is 19.7 Å².